The van der Waals surface area contributed by atoms with Gasteiger partial charge >= 0.3 is 0 Å². The van der Waals surface area contributed by atoms with Gasteiger partial charge in [-0.25, -0.2) is 4.98 Å². The first-order chi connectivity index (χ1) is 16.7. The van der Waals surface area contributed by atoms with E-state index in [-0.39, 0.29) is 0 Å². The number of furan rings is 1. The van der Waals surface area contributed by atoms with Crippen molar-refractivity contribution in [3.8, 4) is 5.75 Å². The molecule has 176 valence electrons. The molecule has 2 aromatic carbocycles. The standard InChI is InChI=1S/C27H30N4O3/c1-19(30-34-17-15-31-13-4-3-5-14-31)20-6-8-21(9-7-20)28-26-23-11-10-22(32-2)18-25(23)29-27-24(26)12-16-33-27/h6-12,16,18H,3-5,13-15,17H2,1-2H3,(H,28,29)/b30-19+. The predicted molar refractivity (Wildman–Crippen MR) is 136 cm³/mol. The van der Waals surface area contributed by atoms with Gasteiger partial charge in [-0.1, -0.05) is 23.7 Å². The molecule has 0 amide bonds. The molecule has 0 radical (unpaired) electrons. The van der Waals surface area contributed by atoms with E-state index in [2.05, 4.69) is 20.4 Å². The lowest BCUT2D eigenvalue weighted by Crippen LogP contribution is -2.32. The number of nitrogens with one attached hydrogen (secondary N) is 1. The molecule has 1 N–H and O–H groups in total. The van der Waals surface area contributed by atoms with E-state index in [4.69, 9.17) is 14.0 Å². The van der Waals surface area contributed by atoms with Crippen LogP contribution < -0.4 is 10.1 Å². The Morgan fingerprint density at radius 3 is 2.68 bits per heavy atom. The van der Waals surface area contributed by atoms with E-state index < -0.39 is 0 Å². The van der Waals surface area contributed by atoms with E-state index in [9.17, 15) is 0 Å². The van der Waals surface area contributed by atoms with E-state index >= 15 is 0 Å². The molecule has 1 aliphatic rings. The predicted octanol–water partition coefficient (Wildman–Crippen LogP) is 5.96. The van der Waals surface area contributed by atoms with Crippen LogP contribution in [0.25, 0.3) is 22.0 Å². The molecule has 0 bridgehead atoms. The van der Waals surface area contributed by atoms with E-state index in [1.807, 2.05) is 55.5 Å². The van der Waals surface area contributed by atoms with Crippen molar-refractivity contribution in [1.29, 1.82) is 0 Å². The van der Waals surface area contributed by atoms with Crippen molar-refractivity contribution in [3.05, 3.63) is 60.4 Å². The molecule has 3 heterocycles. The summed E-state index contributed by atoms with van der Waals surface area (Å²) in [6.07, 6.45) is 5.59. The zero-order valence-electron chi connectivity index (χ0n) is 19.7. The van der Waals surface area contributed by atoms with E-state index in [1.165, 1.54) is 32.4 Å². The third-order valence-corrected chi connectivity index (χ3v) is 6.33. The van der Waals surface area contributed by atoms with Crippen molar-refractivity contribution in [1.82, 2.24) is 9.88 Å². The first-order valence-electron chi connectivity index (χ1n) is 11.8. The Kier molecular flexibility index (Phi) is 6.62. The number of fused-ring (bicyclic) bond motifs is 2. The van der Waals surface area contributed by atoms with Crippen LogP contribution in [0.4, 0.5) is 11.4 Å². The van der Waals surface area contributed by atoms with Gasteiger partial charge in [0.1, 0.15) is 12.4 Å². The van der Waals surface area contributed by atoms with Gasteiger partial charge in [-0.05, 0) is 68.8 Å². The van der Waals surface area contributed by atoms with Crippen LogP contribution in [0.3, 0.4) is 0 Å². The number of methoxy groups -OCH3 is 1. The smallest absolute Gasteiger partial charge is 0.228 e. The average molecular weight is 459 g/mol. The summed E-state index contributed by atoms with van der Waals surface area (Å²) in [4.78, 5) is 12.7. The summed E-state index contributed by atoms with van der Waals surface area (Å²) in [6.45, 7) is 5.88. The van der Waals surface area contributed by atoms with Crippen molar-refractivity contribution in [2.75, 3.05) is 38.7 Å². The van der Waals surface area contributed by atoms with Crippen molar-refractivity contribution < 1.29 is 14.0 Å². The maximum atomic E-state index is 5.59. The molecular formula is C27H30N4O3. The number of hydrogen-bond donors (Lipinski definition) is 1. The molecule has 0 aliphatic carbocycles. The summed E-state index contributed by atoms with van der Waals surface area (Å²) in [5, 5.41) is 9.80. The minimum absolute atomic E-state index is 0.588. The van der Waals surface area contributed by atoms with E-state index in [0.717, 1.165) is 51.2 Å². The monoisotopic (exact) mass is 458 g/mol. The zero-order valence-corrected chi connectivity index (χ0v) is 19.7. The van der Waals surface area contributed by atoms with Crippen molar-refractivity contribution in [2.45, 2.75) is 26.2 Å². The molecule has 34 heavy (non-hydrogen) atoms. The number of nitrogens with zero attached hydrogens (tertiary/aromatic N) is 3. The first-order valence-corrected chi connectivity index (χ1v) is 11.8. The van der Waals surface area contributed by atoms with Crippen LogP contribution >= 0.6 is 0 Å². The molecule has 5 rings (SSSR count). The lowest BCUT2D eigenvalue weighted by molar-refractivity contribution is 0.102. The summed E-state index contributed by atoms with van der Waals surface area (Å²) in [5.74, 6) is 0.758. The molecule has 7 heteroatoms. The number of pyridine rings is 1. The quantitative estimate of drug-likeness (QED) is 0.200. The number of oxime groups is 1. The Balaban J connectivity index is 1.29. The number of rotatable bonds is 8. The second-order valence-corrected chi connectivity index (χ2v) is 8.62. The third-order valence-electron chi connectivity index (χ3n) is 6.33. The number of likely N-dealkylation sites (tertiary alicyclic amines) is 1. The Morgan fingerprint density at radius 1 is 1.06 bits per heavy atom. The highest BCUT2D eigenvalue weighted by molar-refractivity contribution is 6.07. The second-order valence-electron chi connectivity index (χ2n) is 8.62. The van der Waals surface area contributed by atoms with Gasteiger partial charge in [-0.3, -0.25) is 4.90 Å². The molecule has 1 saturated heterocycles. The van der Waals surface area contributed by atoms with Gasteiger partial charge in [-0.2, -0.15) is 0 Å². The highest BCUT2D eigenvalue weighted by atomic mass is 16.6. The van der Waals surface area contributed by atoms with Crippen LogP contribution in [0.2, 0.25) is 0 Å². The minimum Gasteiger partial charge on any atom is -0.497 e. The van der Waals surface area contributed by atoms with E-state index in [1.54, 1.807) is 13.4 Å². The topological polar surface area (TPSA) is 72.1 Å². The molecule has 0 saturated carbocycles. The van der Waals surface area contributed by atoms with Gasteiger partial charge in [0.25, 0.3) is 0 Å². The number of aromatic nitrogens is 1. The van der Waals surface area contributed by atoms with Crippen LogP contribution in [-0.4, -0.2) is 48.9 Å². The van der Waals surface area contributed by atoms with Crippen LogP contribution in [0.1, 0.15) is 31.7 Å². The summed E-state index contributed by atoms with van der Waals surface area (Å²) in [5.41, 5.74) is 5.21. The van der Waals surface area contributed by atoms with Gasteiger partial charge in [0.2, 0.25) is 5.71 Å². The molecule has 4 aromatic rings. The summed E-state index contributed by atoms with van der Waals surface area (Å²) < 4.78 is 10.9. The Bertz CT molecular complexity index is 1290. The largest absolute Gasteiger partial charge is 0.497 e. The van der Waals surface area contributed by atoms with Crippen molar-refractivity contribution in [3.63, 3.8) is 0 Å². The molecule has 2 aromatic heterocycles. The number of piperidine rings is 1. The highest BCUT2D eigenvalue weighted by Gasteiger charge is 2.13. The third kappa shape index (κ3) is 4.84. The van der Waals surface area contributed by atoms with Gasteiger partial charge in [0.05, 0.1) is 35.7 Å². The zero-order chi connectivity index (χ0) is 23.3. The van der Waals surface area contributed by atoms with Gasteiger partial charge < -0.3 is 19.3 Å². The molecule has 7 nitrogen and oxygen atoms in total. The minimum atomic E-state index is 0.588. The Labute approximate surface area is 199 Å². The summed E-state index contributed by atoms with van der Waals surface area (Å²) in [6, 6.07) is 16.0. The molecule has 0 unspecified atom stereocenters. The normalized spacial score (nSPS) is 15.1. The number of anilines is 2. The molecule has 0 spiro atoms. The van der Waals surface area contributed by atoms with Gasteiger partial charge in [0.15, 0.2) is 0 Å². The SMILES string of the molecule is COc1ccc2c(Nc3ccc(/C(C)=N/OCCN4CCCCC4)cc3)c3ccoc3nc2c1. The lowest BCUT2D eigenvalue weighted by atomic mass is 10.1. The molecular weight excluding hydrogens is 428 g/mol. The summed E-state index contributed by atoms with van der Waals surface area (Å²) >= 11 is 0. The number of benzene rings is 2. The molecule has 0 atom stereocenters. The fourth-order valence-corrected chi connectivity index (χ4v) is 4.40. The first kappa shape index (κ1) is 22.2. The van der Waals surface area contributed by atoms with Crippen molar-refractivity contribution >= 4 is 39.1 Å². The van der Waals surface area contributed by atoms with Crippen molar-refractivity contribution in [2.24, 2.45) is 5.16 Å². The maximum Gasteiger partial charge on any atom is 0.228 e. The number of hydrogen-bond acceptors (Lipinski definition) is 7. The molecule has 1 fully saturated rings. The average Bonchev–Trinajstić information content (AvgIpc) is 3.35. The Morgan fingerprint density at radius 2 is 1.88 bits per heavy atom. The maximum absolute atomic E-state index is 5.59. The van der Waals surface area contributed by atoms with Crippen LogP contribution in [0, 0.1) is 0 Å². The fraction of sp³-hybridized carbons (Fsp3) is 0.333. The van der Waals surface area contributed by atoms with Crippen LogP contribution in [-0.2, 0) is 4.84 Å². The Hall–Kier alpha value is -3.58. The highest BCUT2D eigenvalue weighted by Crippen LogP contribution is 2.35. The summed E-state index contributed by atoms with van der Waals surface area (Å²) in [7, 11) is 1.65. The van der Waals surface area contributed by atoms with E-state index in [0.29, 0.717) is 12.3 Å². The van der Waals surface area contributed by atoms with Gasteiger partial charge in [0, 0.05) is 23.7 Å². The number of ether oxygens (including phenoxy) is 1. The lowest BCUT2D eigenvalue weighted by Gasteiger charge is -2.25. The van der Waals surface area contributed by atoms with Crippen LogP contribution in [0.5, 0.6) is 5.75 Å². The second kappa shape index (κ2) is 10.1. The molecule has 1 aliphatic heterocycles. The van der Waals surface area contributed by atoms with Gasteiger partial charge in [-0.15, -0.1) is 0 Å². The van der Waals surface area contributed by atoms with Crippen LogP contribution in [0.15, 0.2) is 64.4 Å². The fourth-order valence-electron chi connectivity index (χ4n) is 4.40.